The number of nitrogens with zero attached hydrogens (tertiary/aromatic N) is 1. The fraction of sp³-hybridized carbons (Fsp3) is 0.0455. The summed E-state index contributed by atoms with van der Waals surface area (Å²) in [7, 11) is 0. The molecule has 0 radical (unpaired) electrons. The number of aryl methyl sites for hydroxylation is 1. The quantitative estimate of drug-likeness (QED) is 0.435. The number of para-hydroxylation sites is 2. The molecule has 4 aromatic rings. The highest BCUT2D eigenvalue weighted by Gasteiger charge is 2.10. The molecule has 4 rings (SSSR count). The van der Waals surface area contributed by atoms with Crippen LogP contribution in [0.5, 0.6) is 0 Å². The molecule has 0 aliphatic heterocycles. The molecule has 3 aromatic carbocycles. The van der Waals surface area contributed by atoms with Crippen molar-refractivity contribution in [3.63, 3.8) is 0 Å². The summed E-state index contributed by atoms with van der Waals surface area (Å²) in [6, 6.07) is 24.5. The lowest BCUT2D eigenvalue weighted by Gasteiger charge is -2.03. The van der Waals surface area contributed by atoms with E-state index in [-0.39, 0.29) is 0 Å². The molecule has 0 saturated carbocycles. The van der Waals surface area contributed by atoms with Gasteiger partial charge in [0.2, 0.25) is 5.89 Å². The predicted molar refractivity (Wildman–Crippen MR) is 99.6 cm³/mol. The van der Waals surface area contributed by atoms with E-state index in [0.717, 1.165) is 27.8 Å². The van der Waals surface area contributed by atoms with Crippen LogP contribution in [0.1, 0.15) is 16.7 Å². The second-order valence-electron chi connectivity index (χ2n) is 5.81. The van der Waals surface area contributed by atoms with Gasteiger partial charge in [0.15, 0.2) is 5.58 Å². The Morgan fingerprint density at radius 2 is 1.54 bits per heavy atom. The van der Waals surface area contributed by atoms with E-state index in [0.29, 0.717) is 5.89 Å². The number of benzene rings is 3. The molecule has 0 unspecified atom stereocenters. The molecule has 116 valence electrons. The minimum atomic E-state index is 0.673. The van der Waals surface area contributed by atoms with Gasteiger partial charge in [-0.15, -0.1) is 0 Å². The van der Waals surface area contributed by atoms with Crippen LogP contribution >= 0.6 is 0 Å². The summed E-state index contributed by atoms with van der Waals surface area (Å²) in [6.07, 6.45) is 4.24. The number of oxazole rings is 1. The van der Waals surface area contributed by atoms with Crippen LogP contribution in [-0.4, -0.2) is 4.98 Å². The third kappa shape index (κ3) is 2.86. The lowest BCUT2D eigenvalue weighted by atomic mass is 10.0. The van der Waals surface area contributed by atoms with Crippen molar-refractivity contribution in [1.82, 2.24) is 4.98 Å². The zero-order chi connectivity index (χ0) is 16.4. The Morgan fingerprint density at radius 3 is 2.33 bits per heavy atom. The van der Waals surface area contributed by atoms with Crippen molar-refractivity contribution in [2.75, 3.05) is 0 Å². The van der Waals surface area contributed by atoms with Crippen LogP contribution in [0, 0.1) is 6.92 Å². The molecular weight excluding hydrogens is 294 g/mol. The monoisotopic (exact) mass is 311 g/mol. The fourth-order valence-electron chi connectivity index (χ4n) is 2.77. The average molecular weight is 311 g/mol. The maximum Gasteiger partial charge on any atom is 0.227 e. The molecule has 1 heterocycles. The molecule has 0 amide bonds. The normalized spacial score (nSPS) is 11.4. The van der Waals surface area contributed by atoms with E-state index >= 15 is 0 Å². The highest BCUT2D eigenvalue weighted by Crippen LogP contribution is 2.27. The summed E-state index contributed by atoms with van der Waals surface area (Å²) >= 11 is 0. The second kappa shape index (κ2) is 6.17. The molecule has 0 aliphatic carbocycles. The van der Waals surface area contributed by atoms with Crippen LogP contribution < -0.4 is 0 Å². The Kier molecular flexibility index (Phi) is 3.72. The van der Waals surface area contributed by atoms with E-state index in [2.05, 4.69) is 54.4 Å². The molecule has 2 nitrogen and oxygen atoms in total. The third-order valence-electron chi connectivity index (χ3n) is 4.04. The van der Waals surface area contributed by atoms with Crippen molar-refractivity contribution >= 4 is 23.3 Å². The first kappa shape index (κ1) is 14.5. The van der Waals surface area contributed by atoms with Crippen molar-refractivity contribution in [2.45, 2.75) is 6.92 Å². The molecule has 0 bridgehead atoms. The van der Waals surface area contributed by atoms with Gasteiger partial charge in [0.1, 0.15) is 5.52 Å². The Morgan fingerprint density at radius 1 is 0.792 bits per heavy atom. The van der Waals surface area contributed by atoms with E-state index in [1.54, 1.807) is 0 Å². The molecule has 1 aromatic heterocycles. The van der Waals surface area contributed by atoms with Gasteiger partial charge in [0, 0.05) is 5.56 Å². The van der Waals surface area contributed by atoms with Gasteiger partial charge in [0.05, 0.1) is 0 Å². The minimum absolute atomic E-state index is 0.673. The van der Waals surface area contributed by atoms with Crippen LogP contribution in [-0.2, 0) is 0 Å². The molecule has 0 fully saturated rings. The SMILES string of the molecule is Cc1cc(C=Cc2ccccc2)ccc1-c1nc2ccccc2o1. The predicted octanol–water partition coefficient (Wildman–Crippen LogP) is 5.97. The van der Waals surface area contributed by atoms with Crippen molar-refractivity contribution in [3.8, 4) is 11.5 Å². The highest BCUT2D eigenvalue weighted by atomic mass is 16.3. The van der Waals surface area contributed by atoms with Gasteiger partial charge in [0.25, 0.3) is 0 Å². The lowest BCUT2D eigenvalue weighted by Crippen LogP contribution is -1.84. The maximum atomic E-state index is 5.87. The lowest BCUT2D eigenvalue weighted by molar-refractivity contribution is 0.619. The zero-order valence-corrected chi connectivity index (χ0v) is 13.4. The molecule has 24 heavy (non-hydrogen) atoms. The first-order valence-corrected chi connectivity index (χ1v) is 7.99. The average Bonchev–Trinajstić information content (AvgIpc) is 3.04. The number of hydrogen-bond acceptors (Lipinski definition) is 2. The van der Waals surface area contributed by atoms with E-state index in [4.69, 9.17) is 4.42 Å². The molecule has 0 atom stereocenters. The molecule has 2 heteroatoms. The third-order valence-corrected chi connectivity index (χ3v) is 4.04. The van der Waals surface area contributed by atoms with Gasteiger partial charge < -0.3 is 4.42 Å². The highest BCUT2D eigenvalue weighted by molar-refractivity contribution is 5.77. The van der Waals surface area contributed by atoms with Gasteiger partial charge in [-0.1, -0.05) is 66.7 Å². The number of hydrogen-bond donors (Lipinski definition) is 0. The van der Waals surface area contributed by atoms with Gasteiger partial charge >= 0.3 is 0 Å². The topological polar surface area (TPSA) is 26.0 Å². The summed E-state index contributed by atoms with van der Waals surface area (Å²) in [5.74, 6) is 0.673. The fourth-order valence-corrected chi connectivity index (χ4v) is 2.77. The zero-order valence-electron chi connectivity index (χ0n) is 13.4. The van der Waals surface area contributed by atoms with Crippen molar-refractivity contribution < 1.29 is 4.42 Å². The van der Waals surface area contributed by atoms with Gasteiger partial charge in [-0.05, 0) is 41.8 Å². The summed E-state index contributed by atoms with van der Waals surface area (Å²) in [5.41, 5.74) is 6.24. The van der Waals surface area contributed by atoms with Crippen molar-refractivity contribution in [3.05, 3.63) is 89.5 Å². The molecular formula is C22H17NO. The summed E-state index contributed by atoms with van der Waals surface area (Å²) in [4.78, 5) is 4.58. The van der Waals surface area contributed by atoms with Gasteiger partial charge in [-0.25, -0.2) is 4.98 Å². The summed E-state index contributed by atoms with van der Waals surface area (Å²) < 4.78 is 5.87. The summed E-state index contributed by atoms with van der Waals surface area (Å²) in [5, 5.41) is 0. The first-order valence-electron chi connectivity index (χ1n) is 7.99. The Labute approximate surface area is 141 Å². The molecule has 0 saturated heterocycles. The largest absolute Gasteiger partial charge is 0.436 e. The van der Waals surface area contributed by atoms with Crippen LogP contribution in [0.15, 0.2) is 77.2 Å². The van der Waals surface area contributed by atoms with E-state index in [1.165, 1.54) is 5.56 Å². The van der Waals surface area contributed by atoms with E-state index in [1.807, 2.05) is 42.5 Å². The standard InChI is InChI=1S/C22H17NO/c1-16-15-18(12-11-17-7-3-2-4-8-17)13-14-19(16)22-23-20-9-5-6-10-21(20)24-22/h2-15H,1H3. The molecule has 0 N–H and O–H groups in total. The number of rotatable bonds is 3. The minimum Gasteiger partial charge on any atom is -0.436 e. The van der Waals surface area contributed by atoms with Crippen molar-refractivity contribution in [1.29, 1.82) is 0 Å². The van der Waals surface area contributed by atoms with Crippen LogP contribution in [0.25, 0.3) is 34.7 Å². The Bertz CT molecular complexity index is 980. The van der Waals surface area contributed by atoms with E-state index in [9.17, 15) is 0 Å². The Hall–Kier alpha value is -3.13. The first-order chi connectivity index (χ1) is 11.8. The van der Waals surface area contributed by atoms with Crippen LogP contribution in [0.2, 0.25) is 0 Å². The smallest absolute Gasteiger partial charge is 0.227 e. The number of aromatic nitrogens is 1. The summed E-state index contributed by atoms with van der Waals surface area (Å²) in [6.45, 7) is 2.09. The number of fused-ring (bicyclic) bond motifs is 1. The molecule has 0 spiro atoms. The maximum absolute atomic E-state index is 5.87. The second-order valence-corrected chi connectivity index (χ2v) is 5.81. The van der Waals surface area contributed by atoms with Crippen LogP contribution in [0.3, 0.4) is 0 Å². The van der Waals surface area contributed by atoms with E-state index < -0.39 is 0 Å². The van der Waals surface area contributed by atoms with Crippen LogP contribution in [0.4, 0.5) is 0 Å². The Balaban J connectivity index is 1.65. The molecule has 0 aliphatic rings. The van der Waals surface area contributed by atoms with Gasteiger partial charge in [-0.3, -0.25) is 0 Å². The van der Waals surface area contributed by atoms with Crippen molar-refractivity contribution in [2.24, 2.45) is 0 Å². The van der Waals surface area contributed by atoms with Gasteiger partial charge in [-0.2, -0.15) is 0 Å².